The molecule has 2 aliphatic heterocycles. The van der Waals surface area contributed by atoms with Crippen molar-refractivity contribution in [3.8, 4) is 0 Å². The minimum absolute atomic E-state index is 0.223. The Balaban J connectivity index is 1.65. The van der Waals surface area contributed by atoms with Gasteiger partial charge in [-0.15, -0.1) is 0 Å². The molecule has 38 heavy (non-hydrogen) atoms. The molecule has 4 aromatic rings. The Morgan fingerprint density at radius 1 is 0.868 bits per heavy atom. The third kappa shape index (κ3) is 3.89. The molecule has 1 N–H and O–H groups in total. The summed E-state index contributed by atoms with van der Waals surface area (Å²) in [5.74, 6) is -1.28. The van der Waals surface area contributed by atoms with Crippen LogP contribution in [0.15, 0.2) is 97.1 Å². The summed E-state index contributed by atoms with van der Waals surface area (Å²) >= 11 is 12.7. The van der Waals surface area contributed by atoms with Crippen LogP contribution < -0.4 is 5.32 Å². The van der Waals surface area contributed by atoms with Gasteiger partial charge in [0.15, 0.2) is 0 Å². The third-order valence-electron chi connectivity index (χ3n) is 7.70. The van der Waals surface area contributed by atoms with Gasteiger partial charge in [0, 0.05) is 33.8 Å². The molecule has 1 spiro atoms. The molecule has 4 aromatic carbocycles. The van der Waals surface area contributed by atoms with Crippen LogP contribution in [0.4, 0.5) is 10.1 Å². The molecule has 4 nitrogen and oxygen atoms in total. The van der Waals surface area contributed by atoms with E-state index in [9.17, 15) is 14.0 Å². The fourth-order valence-electron chi connectivity index (χ4n) is 6.25. The highest BCUT2D eigenvalue weighted by molar-refractivity contribution is 6.31. The van der Waals surface area contributed by atoms with Gasteiger partial charge >= 0.3 is 0 Å². The van der Waals surface area contributed by atoms with E-state index in [2.05, 4.69) is 5.32 Å². The number of hydrogen-bond acceptors (Lipinski definition) is 2. The molecule has 190 valence electrons. The minimum atomic E-state index is -1.26. The quantitative estimate of drug-likeness (QED) is 0.292. The second kappa shape index (κ2) is 9.57. The van der Waals surface area contributed by atoms with Gasteiger partial charge in [0.2, 0.25) is 5.91 Å². The summed E-state index contributed by atoms with van der Waals surface area (Å²) in [6, 6.07) is 27.1. The molecule has 6 rings (SSSR count). The normalized spacial score (nSPS) is 22.3. The average molecular weight is 545 g/mol. The number of carbonyl (C=O) groups is 2. The summed E-state index contributed by atoms with van der Waals surface area (Å²) in [6.07, 6.45) is 0.500. The van der Waals surface area contributed by atoms with Crippen molar-refractivity contribution in [3.63, 3.8) is 0 Å². The molecule has 0 bridgehead atoms. The Hall–Kier alpha value is -3.67. The number of nitrogens with zero attached hydrogens (tertiary/aromatic N) is 1. The standard InChI is InChI=1S/C31H23Cl2FN2O2/c32-22-10-4-8-20(16-22)25-14-15-36(29(37)19-6-2-1-3-7-19)28(21-9-5-11-24(34)17-21)31(25)26-13-12-23(33)18-27(26)35-30(31)38/h1-13,16-18,25,28H,14-15H2,(H,35,38)/t25-,28+,31+/m0/s1. The summed E-state index contributed by atoms with van der Waals surface area (Å²) in [5.41, 5.74) is 1.96. The molecule has 0 saturated carbocycles. The van der Waals surface area contributed by atoms with Crippen LogP contribution in [0.5, 0.6) is 0 Å². The van der Waals surface area contributed by atoms with Crippen LogP contribution in [0.2, 0.25) is 10.0 Å². The minimum Gasteiger partial charge on any atom is -0.330 e. The molecule has 0 radical (unpaired) electrons. The zero-order valence-corrected chi connectivity index (χ0v) is 21.7. The first kappa shape index (κ1) is 24.7. The molecular formula is C31H23Cl2FN2O2. The summed E-state index contributed by atoms with van der Waals surface area (Å²) < 4.78 is 14.7. The number of fused-ring (bicyclic) bond motifs is 2. The van der Waals surface area contributed by atoms with Gasteiger partial charge < -0.3 is 10.2 Å². The van der Waals surface area contributed by atoms with Crippen LogP contribution >= 0.6 is 23.2 Å². The van der Waals surface area contributed by atoms with Crippen molar-refractivity contribution >= 4 is 40.7 Å². The zero-order valence-electron chi connectivity index (χ0n) is 20.2. The van der Waals surface area contributed by atoms with E-state index < -0.39 is 17.3 Å². The van der Waals surface area contributed by atoms with Crippen LogP contribution in [0.3, 0.4) is 0 Å². The number of amides is 2. The first-order chi connectivity index (χ1) is 18.4. The fourth-order valence-corrected chi connectivity index (χ4v) is 6.62. The molecule has 3 atom stereocenters. The smallest absolute Gasteiger partial charge is 0.254 e. The Bertz CT molecular complexity index is 1560. The molecule has 0 aliphatic carbocycles. The van der Waals surface area contributed by atoms with E-state index in [1.807, 2.05) is 30.3 Å². The molecule has 2 heterocycles. The van der Waals surface area contributed by atoms with Crippen molar-refractivity contribution in [3.05, 3.63) is 135 Å². The topological polar surface area (TPSA) is 49.4 Å². The lowest BCUT2D eigenvalue weighted by Gasteiger charge is -2.52. The second-order valence-electron chi connectivity index (χ2n) is 9.73. The van der Waals surface area contributed by atoms with Gasteiger partial charge in [-0.2, -0.15) is 0 Å². The van der Waals surface area contributed by atoms with E-state index in [1.54, 1.807) is 59.5 Å². The number of carbonyl (C=O) groups excluding carboxylic acids is 2. The highest BCUT2D eigenvalue weighted by Gasteiger charge is 2.62. The summed E-state index contributed by atoms with van der Waals surface area (Å²) in [6.45, 7) is 0.365. The van der Waals surface area contributed by atoms with E-state index in [0.717, 1.165) is 11.1 Å². The maximum Gasteiger partial charge on any atom is 0.254 e. The van der Waals surface area contributed by atoms with Gasteiger partial charge in [0.05, 0.1) is 6.04 Å². The molecule has 2 aliphatic rings. The van der Waals surface area contributed by atoms with Crippen molar-refractivity contribution in [2.45, 2.75) is 23.8 Å². The lowest BCUT2D eigenvalue weighted by Crippen LogP contribution is -2.57. The van der Waals surface area contributed by atoms with E-state index in [0.29, 0.717) is 39.8 Å². The van der Waals surface area contributed by atoms with E-state index in [1.165, 1.54) is 12.1 Å². The largest absolute Gasteiger partial charge is 0.330 e. The number of piperidine rings is 1. The molecule has 1 fully saturated rings. The highest BCUT2D eigenvalue weighted by atomic mass is 35.5. The molecular weight excluding hydrogens is 522 g/mol. The number of rotatable bonds is 3. The molecule has 1 saturated heterocycles. The molecule has 0 aromatic heterocycles. The van der Waals surface area contributed by atoms with Crippen LogP contribution in [-0.4, -0.2) is 23.3 Å². The maximum absolute atomic E-state index is 14.7. The number of anilines is 1. The number of halogens is 3. The van der Waals surface area contributed by atoms with E-state index in [4.69, 9.17) is 23.2 Å². The van der Waals surface area contributed by atoms with Gasteiger partial charge in [-0.3, -0.25) is 9.59 Å². The Morgan fingerprint density at radius 2 is 1.61 bits per heavy atom. The summed E-state index contributed by atoms with van der Waals surface area (Å²) in [5, 5.41) is 4.07. The third-order valence-corrected chi connectivity index (χ3v) is 8.17. The maximum atomic E-state index is 14.7. The van der Waals surface area contributed by atoms with Crippen LogP contribution in [0, 0.1) is 5.82 Å². The van der Waals surface area contributed by atoms with Crippen molar-refractivity contribution in [2.75, 3.05) is 11.9 Å². The van der Waals surface area contributed by atoms with E-state index in [-0.39, 0.29) is 17.7 Å². The van der Waals surface area contributed by atoms with Gasteiger partial charge in [-0.05, 0) is 71.6 Å². The van der Waals surface area contributed by atoms with E-state index >= 15 is 0 Å². The number of nitrogens with one attached hydrogen (secondary N) is 1. The predicted octanol–water partition coefficient (Wildman–Crippen LogP) is 7.39. The monoisotopic (exact) mass is 544 g/mol. The number of benzene rings is 4. The van der Waals surface area contributed by atoms with Crippen LogP contribution in [0.1, 0.15) is 45.4 Å². The Kier molecular flexibility index (Phi) is 6.21. The van der Waals surface area contributed by atoms with Gasteiger partial charge in [0.25, 0.3) is 5.91 Å². The zero-order chi connectivity index (χ0) is 26.4. The molecule has 2 amide bonds. The molecule has 0 unspecified atom stereocenters. The van der Waals surface area contributed by atoms with Crippen molar-refractivity contribution in [2.24, 2.45) is 0 Å². The SMILES string of the molecule is O=C(c1ccccc1)N1CC[C@@H](c2cccc(Cl)c2)[C@]2(C(=O)Nc3cc(Cl)ccc32)[C@H]1c1cccc(F)c1. The van der Waals surface area contributed by atoms with Gasteiger partial charge in [-0.1, -0.05) is 71.7 Å². The highest BCUT2D eigenvalue weighted by Crippen LogP contribution is 2.60. The van der Waals surface area contributed by atoms with Crippen molar-refractivity contribution in [1.29, 1.82) is 0 Å². The van der Waals surface area contributed by atoms with Crippen molar-refractivity contribution in [1.82, 2.24) is 4.90 Å². The van der Waals surface area contributed by atoms with Crippen molar-refractivity contribution < 1.29 is 14.0 Å². The lowest BCUT2D eigenvalue weighted by molar-refractivity contribution is -0.126. The average Bonchev–Trinajstić information content (AvgIpc) is 3.19. The molecule has 7 heteroatoms. The van der Waals surface area contributed by atoms with Crippen LogP contribution in [0.25, 0.3) is 0 Å². The van der Waals surface area contributed by atoms with Crippen LogP contribution in [-0.2, 0) is 10.2 Å². The summed E-state index contributed by atoms with van der Waals surface area (Å²) in [4.78, 5) is 30.1. The first-order valence-corrected chi connectivity index (χ1v) is 13.1. The second-order valence-corrected chi connectivity index (χ2v) is 10.6. The lowest BCUT2D eigenvalue weighted by atomic mass is 9.58. The Morgan fingerprint density at radius 3 is 2.37 bits per heavy atom. The Labute approximate surface area is 230 Å². The van der Waals surface area contributed by atoms with Gasteiger partial charge in [-0.25, -0.2) is 4.39 Å². The summed E-state index contributed by atoms with van der Waals surface area (Å²) in [7, 11) is 0. The predicted molar refractivity (Wildman–Crippen MR) is 147 cm³/mol. The number of hydrogen-bond donors (Lipinski definition) is 1. The van der Waals surface area contributed by atoms with Gasteiger partial charge in [0.1, 0.15) is 11.2 Å². The first-order valence-electron chi connectivity index (χ1n) is 12.4. The number of likely N-dealkylation sites (tertiary alicyclic amines) is 1. The fraction of sp³-hybridized carbons (Fsp3) is 0.161.